The molecule has 0 fully saturated rings. The zero-order valence-corrected chi connectivity index (χ0v) is 16.0. The second kappa shape index (κ2) is 9.57. The summed E-state index contributed by atoms with van der Waals surface area (Å²) < 4.78 is 55.6. The fraction of sp³-hybridized carbons (Fsp3) is 0.611. The lowest BCUT2D eigenvalue weighted by Gasteiger charge is -2.21. The van der Waals surface area contributed by atoms with Crippen LogP contribution in [0.3, 0.4) is 0 Å². The number of pyridine rings is 1. The van der Waals surface area contributed by atoms with Crippen LogP contribution in [-0.2, 0) is 22.1 Å². The van der Waals surface area contributed by atoms with Crippen molar-refractivity contribution >= 4 is 11.9 Å². The minimum atomic E-state index is -4.94. The van der Waals surface area contributed by atoms with Gasteiger partial charge in [-0.05, 0) is 31.2 Å². The van der Waals surface area contributed by atoms with Crippen molar-refractivity contribution in [1.82, 2.24) is 4.98 Å². The molecule has 1 rings (SSSR count). The molecule has 1 aromatic heterocycles. The monoisotopic (exact) mass is 391 g/mol. The molecule has 0 saturated heterocycles. The van der Waals surface area contributed by atoms with Crippen LogP contribution in [-0.4, -0.2) is 37.2 Å². The average Bonchev–Trinajstić information content (AvgIpc) is 2.57. The molecule has 0 saturated carbocycles. The predicted molar refractivity (Wildman–Crippen MR) is 90.9 cm³/mol. The third kappa shape index (κ3) is 5.58. The first-order valence-corrected chi connectivity index (χ1v) is 8.60. The highest BCUT2D eigenvalue weighted by molar-refractivity contribution is 6.00. The van der Waals surface area contributed by atoms with Crippen molar-refractivity contribution in [3.8, 4) is 5.88 Å². The Kier molecular flexibility index (Phi) is 8.05. The van der Waals surface area contributed by atoms with Crippen LogP contribution in [0.5, 0.6) is 5.88 Å². The number of hydrogen-bond donors (Lipinski definition) is 0. The third-order valence-electron chi connectivity index (χ3n) is 3.46. The Hall–Kier alpha value is -2.32. The van der Waals surface area contributed by atoms with Crippen LogP contribution in [0.1, 0.15) is 66.1 Å². The SMILES string of the molecule is CCCOc1nc(C(F)(F)F)c(C(=O)OC)c(CC(C)C)c1C(=O)OCC. The van der Waals surface area contributed by atoms with Crippen molar-refractivity contribution in [3.05, 3.63) is 22.4 Å². The minimum absolute atomic E-state index is 0.00174. The first-order valence-electron chi connectivity index (χ1n) is 8.60. The van der Waals surface area contributed by atoms with E-state index in [0.717, 1.165) is 7.11 Å². The summed E-state index contributed by atoms with van der Waals surface area (Å²) in [6, 6.07) is 0. The standard InChI is InChI=1S/C18H24F3NO5/c1-6-8-27-15-13(17(24)26-7-2)11(9-10(3)4)12(16(23)25-5)14(22-15)18(19,20)21/h10H,6-9H2,1-5H3. The first kappa shape index (κ1) is 22.7. The Morgan fingerprint density at radius 1 is 1.11 bits per heavy atom. The number of aromatic nitrogens is 1. The van der Waals surface area contributed by atoms with E-state index in [4.69, 9.17) is 9.47 Å². The Morgan fingerprint density at radius 2 is 1.74 bits per heavy atom. The summed E-state index contributed by atoms with van der Waals surface area (Å²) in [6.45, 7) is 6.86. The zero-order chi connectivity index (χ0) is 20.8. The Balaban J connectivity index is 3.93. The molecule has 0 aromatic carbocycles. The molecule has 0 aliphatic carbocycles. The van der Waals surface area contributed by atoms with Gasteiger partial charge in [-0.15, -0.1) is 0 Å². The molecule has 0 aliphatic rings. The van der Waals surface area contributed by atoms with E-state index in [9.17, 15) is 22.8 Å². The van der Waals surface area contributed by atoms with Gasteiger partial charge in [-0.1, -0.05) is 20.8 Å². The number of methoxy groups -OCH3 is 1. The van der Waals surface area contributed by atoms with Crippen molar-refractivity contribution in [3.63, 3.8) is 0 Å². The van der Waals surface area contributed by atoms with Gasteiger partial charge in [-0.2, -0.15) is 13.2 Å². The van der Waals surface area contributed by atoms with Gasteiger partial charge in [0, 0.05) is 0 Å². The van der Waals surface area contributed by atoms with Crippen LogP contribution in [0, 0.1) is 5.92 Å². The third-order valence-corrected chi connectivity index (χ3v) is 3.46. The van der Waals surface area contributed by atoms with Crippen LogP contribution in [0.25, 0.3) is 0 Å². The fourth-order valence-electron chi connectivity index (χ4n) is 2.47. The first-order chi connectivity index (χ1) is 12.6. The van der Waals surface area contributed by atoms with Gasteiger partial charge in [0.2, 0.25) is 5.88 Å². The molecule has 152 valence electrons. The number of carbonyl (C=O) groups excluding carboxylic acids is 2. The largest absolute Gasteiger partial charge is 0.477 e. The Labute approximate surface area is 156 Å². The van der Waals surface area contributed by atoms with Crippen LogP contribution in [0.2, 0.25) is 0 Å². The van der Waals surface area contributed by atoms with Gasteiger partial charge in [-0.25, -0.2) is 14.6 Å². The summed E-state index contributed by atoms with van der Waals surface area (Å²) in [6.07, 6.45) is -4.44. The van der Waals surface area contributed by atoms with Crippen molar-refractivity contribution in [2.24, 2.45) is 5.92 Å². The van der Waals surface area contributed by atoms with E-state index in [1.54, 1.807) is 27.7 Å². The maximum atomic E-state index is 13.6. The summed E-state index contributed by atoms with van der Waals surface area (Å²) in [4.78, 5) is 28.1. The van der Waals surface area contributed by atoms with Crippen molar-refractivity contribution in [2.75, 3.05) is 20.3 Å². The van der Waals surface area contributed by atoms with E-state index in [-0.39, 0.29) is 36.7 Å². The maximum absolute atomic E-state index is 13.6. The quantitative estimate of drug-likeness (QED) is 0.623. The lowest BCUT2D eigenvalue weighted by molar-refractivity contribution is -0.142. The normalized spacial score (nSPS) is 11.4. The topological polar surface area (TPSA) is 74.7 Å². The second-order valence-corrected chi connectivity index (χ2v) is 6.15. The van der Waals surface area contributed by atoms with Crippen molar-refractivity contribution in [2.45, 2.75) is 46.7 Å². The van der Waals surface area contributed by atoms with Gasteiger partial charge in [0.1, 0.15) is 5.56 Å². The van der Waals surface area contributed by atoms with E-state index in [1.165, 1.54) is 0 Å². The number of ether oxygens (including phenoxy) is 3. The lowest BCUT2D eigenvalue weighted by Crippen LogP contribution is -2.24. The number of nitrogens with zero attached hydrogens (tertiary/aromatic N) is 1. The predicted octanol–water partition coefficient (Wildman–Crippen LogP) is 4.05. The number of rotatable bonds is 8. The van der Waals surface area contributed by atoms with E-state index >= 15 is 0 Å². The fourth-order valence-corrected chi connectivity index (χ4v) is 2.47. The zero-order valence-electron chi connectivity index (χ0n) is 16.0. The summed E-state index contributed by atoms with van der Waals surface area (Å²) in [5.74, 6) is -2.78. The molecule has 0 unspecified atom stereocenters. The van der Waals surface area contributed by atoms with Gasteiger partial charge in [0.15, 0.2) is 5.69 Å². The lowest BCUT2D eigenvalue weighted by atomic mass is 9.92. The molecular weight excluding hydrogens is 367 g/mol. The maximum Gasteiger partial charge on any atom is 0.434 e. The Morgan fingerprint density at radius 3 is 2.19 bits per heavy atom. The Bertz CT molecular complexity index is 687. The molecule has 0 aliphatic heterocycles. The summed E-state index contributed by atoms with van der Waals surface area (Å²) >= 11 is 0. The van der Waals surface area contributed by atoms with Crippen molar-refractivity contribution < 1.29 is 37.0 Å². The number of esters is 2. The smallest absolute Gasteiger partial charge is 0.434 e. The van der Waals surface area contributed by atoms with Gasteiger partial charge >= 0.3 is 18.1 Å². The highest BCUT2D eigenvalue weighted by Gasteiger charge is 2.42. The molecule has 6 nitrogen and oxygen atoms in total. The van der Waals surface area contributed by atoms with Gasteiger partial charge in [0.05, 0.1) is 25.9 Å². The molecule has 0 N–H and O–H groups in total. The summed E-state index contributed by atoms with van der Waals surface area (Å²) in [5, 5.41) is 0. The molecule has 0 amide bonds. The second-order valence-electron chi connectivity index (χ2n) is 6.15. The molecular formula is C18H24F3NO5. The van der Waals surface area contributed by atoms with E-state index in [1.807, 2.05) is 0 Å². The van der Waals surface area contributed by atoms with E-state index in [0.29, 0.717) is 6.42 Å². The van der Waals surface area contributed by atoms with E-state index < -0.39 is 35.3 Å². The molecule has 0 spiro atoms. The van der Waals surface area contributed by atoms with Crippen LogP contribution < -0.4 is 4.74 Å². The van der Waals surface area contributed by atoms with E-state index in [2.05, 4.69) is 9.72 Å². The van der Waals surface area contributed by atoms with Crippen LogP contribution in [0.4, 0.5) is 13.2 Å². The highest BCUT2D eigenvalue weighted by atomic mass is 19.4. The molecule has 0 radical (unpaired) electrons. The molecule has 0 atom stereocenters. The van der Waals surface area contributed by atoms with Gasteiger partial charge < -0.3 is 14.2 Å². The van der Waals surface area contributed by atoms with Gasteiger partial charge in [-0.3, -0.25) is 0 Å². The molecule has 27 heavy (non-hydrogen) atoms. The number of hydrogen-bond acceptors (Lipinski definition) is 6. The van der Waals surface area contributed by atoms with Gasteiger partial charge in [0.25, 0.3) is 0 Å². The van der Waals surface area contributed by atoms with Crippen LogP contribution >= 0.6 is 0 Å². The summed E-state index contributed by atoms with van der Waals surface area (Å²) in [7, 11) is 0.965. The number of carbonyl (C=O) groups is 2. The summed E-state index contributed by atoms with van der Waals surface area (Å²) in [5.41, 5.74) is -2.63. The number of alkyl halides is 3. The van der Waals surface area contributed by atoms with Crippen molar-refractivity contribution in [1.29, 1.82) is 0 Å². The number of halogens is 3. The molecule has 1 heterocycles. The minimum Gasteiger partial charge on any atom is -0.477 e. The highest BCUT2D eigenvalue weighted by Crippen LogP contribution is 2.38. The molecule has 1 aromatic rings. The average molecular weight is 391 g/mol. The molecule has 9 heteroatoms. The van der Waals surface area contributed by atoms with Crippen LogP contribution in [0.15, 0.2) is 0 Å². The molecule has 0 bridgehead atoms.